The summed E-state index contributed by atoms with van der Waals surface area (Å²) in [5.41, 5.74) is 4.49. The highest BCUT2D eigenvalue weighted by atomic mass is 19.1. The number of carbonyl (C=O) groups excluding carboxylic acids is 1. The summed E-state index contributed by atoms with van der Waals surface area (Å²) in [6.07, 6.45) is 1.07. The van der Waals surface area contributed by atoms with Gasteiger partial charge in [-0.2, -0.15) is 5.10 Å². The highest BCUT2D eigenvalue weighted by molar-refractivity contribution is 5.97. The maximum atomic E-state index is 13.0. The lowest BCUT2D eigenvalue weighted by Crippen LogP contribution is -3.17. The third kappa shape index (κ3) is 2.63. The molecule has 4 aliphatic rings. The van der Waals surface area contributed by atoms with Crippen LogP contribution < -0.4 is 15.2 Å². The standard InChI is InChI=1S/C18H23FN4O/c1-2-18-11-22-7-8-23(12-18)10-14(9-22)16(18)20-21-17(24)13-3-5-15(19)6-4-13/h3-6,14H,2,7-12H2,1H3,(H,21,24)/p+2/b20-16-. The van der Waals surface area contributed by atoms with E-state index in [9.17, 15) is 9.18 Å². The fraction of sp³-hybridized carbons (Fsp3) is 0.556. The molecule has 4 aliphatic heterocycles. The van der Waals surface area contributed by atoms with Crippen molar-refractivity contribution in [2.75, 3.05) is 39.3 Å². The van der Waals surface area contributed by atoms with Crippen molar-refractivity contribution >= 4 is 11.6 Å². The second-order valence-corrected chi connectivity index (χ2v) is 7.54. The molecule has 1 amide bonds. The zero-order valence-electron chi connectivity index (χ0n) is 14.1. The maximum Gasteiger partial charge on any atom is 0.271 e. The largest absolute Gasteiger partial charge is 0.329 e. The van der Waals surface area contributed by atoms with Crippen molar-refractivity contribution in [1.29, 1.82) is 0 Å². The number of nitrogens with one attached hydrogen (secondary N) is 3. The van der Waals surface area contributed by atoms with E-state index < -0.39 is 0 Å². The van der Waals surface area contributed by atoms with E-state index in [1.54, 1.807) is 9.80 Å². The fourth-order valence-corrected chi connectivity index (χ4v) is 4.89. The number of carbonyl (C=O) groups is 1. The van der Waals surface area contributed by atoms with Gasteiger partial charge in [0.25, 0.3) is 5.91 Å². The summed E-state index contributed by atoms with van der Waals surface area (Å²) in [6, 6.07) is 5.59. The van der Waals surface area contributed by atoms with Crippen molar-refractivity contribution in [3.05, 3.63) is 35.6 Å². The Morgan fingerprint density at radius 3 is 2.46 bits per heavy atom. The predicted octanol–water partition coefficient (Wildman–Crippen LogP) is -1.27. The summed E-state index contributed by atoms with van der Waals surface area (Å²) in [6.45, 7) is 9.29. The van der Waals surface area contributed by atoms with E-state index in [1.165, 1.54) is 43.1 Å². The Labute approximate surface area is 141 Å². The lowest BCUT2D eigenvalue weighted by molar-refractivity contribution is -0.918. The topological polar surface area (TPSA) is 50.3 Å². The van der Waals surface area contributed by atoms with Crippen LogP contribution in [0.1, 0.15) is 23.7 Å². The number of fused-ring (bicyclic) bond motifs is 1. The lowest BCUT2D eigenvalue weighted by atomic mass is 9.69. The van der Waals surface area contributed by atoms with Crippen molar-refractivity contribution in [2.24, 2.45) is 16.4 Å². The average Bonchev–Trinajstić information content (AvgIpc) is 2.82. The number of amides is 1. The average molecular weight is 332 g/mol. The van der Waals surface area contributed by atoms with Gasteiger partial charge < -0.3 is 9.80 Å². The molecule has 2 unspecified atom stereocenters. The van der Waals surface area contributed by atoms with Crippen LogP contribution in [0.5, 0.6) is 0 Å². The molecule has 0 spiro atoms. The van der Waals surface area contributed by atoms with Crippen LogP contribution in [-0.4, -0.2) is 50.9 Å². The molecular weight excluding hydrogens is 307 g/mol. The molecule has 0 radical (unpaired) electrons. The summed E-state index contributed by atoms with van der Waals surface area (Å²) in [4.78, 5) is 15.7. The molecule has 24 heavy (non-hydrogen) atoms. The highest BCUT2D eigenvalue weighted by Gasteiger charge is 2.56. The van der Waals surface area contributed by atoms with Gasteiger partial charge in [0.2, 0.25) is 0 Å². The Morgan fingerprint density at radius 1 is 1.25 bits per heavy atom. The minimum Gasteiger partial charge on any atom is -0.329 e. The summed E-state index contributed by atoms with van der Waals surface area (Å²) in [5, 5.41) is 4.60. The number of piperidine rings is 2. The molecule has 0 aliphatic carbocycles. The second-order valence-electron chi connectivity index (χ2n) is 7.54. The van der Waals surface area contributed by atoms with E-state index in [2.05, 4.69) is 17.5 Å². The van der Waals surface area contributed by atoms with Crippen molar-refractivity contribution in [3.8, 4) is 0 Å². The molecule has 4 saturated heterocycles. The van der Waals surface area contributed by atoms with E-state index in [0.717, 1.165) is 32.6 Å². The minimum absolute atomic E-state index is 0.123. The van der Waals surface area contributed by atoms with E-state index in [4.69, 9.17) is 0 Å². The van der Waals surface area contributed by atoms with Crippen LogP contribution in [0.3, 0.4) is 0 Å². The van der Waals surface area contributed by atoms with E-state index in [0.29, 0.717) is 11.5 Å². The second kappa shape index (κ2) is 5.93. The van der Waals surface area contributed by atoms with Gasteiger partial charge in [-0.1, -0.05) is 6.92 Å². The number of rotatable bonds is 3. The third-order valence-electron chi connectivity index (χ3n) is 6.07. The van der Waals surface area contributed by atoms with Gasteiger partial charge in [0.15, 0.2) is 0 Å². The molecule has 1 aromatic carbocycles. The Kier molecular flexibility index (Phi) is 3.89. The molecule has 2 atom stereocenters. The molecule has 5 nitrogen and oxygen atoms in total. The number of hydrogen-bond donors (Lipinski definition) is 3. The number of quaternary nitrogens is 2. The number of benzene rings is 1. The maximum absolute atomic E-state index is 13.0. The predicted molar refractivity (Wildman–Crippen MR) is 88.6 cm³/mol. The minimum atomic E-state index is -0.339. The van der Waals surface area contributed by atoms with Crippen LogP contribution >= 0.6 is 0 Å². The number of halogens is 1. The smallest absolute Gasteiger partial charge is 0.271 e. The summed E-state index contributed by atoms with van der Waals surface area (Å²) in [5.74, 6) is -0.136. The first-order valence-electron chi connectivity index (χ1n) is 8.91. The van der Waals surface area contributed by atoms with E-state index in [1.807, 2.05) is 0 Å². The molecule has 4 fully saturated rings. The van der Waals surface area contributed by atoms with Crippen LogP contribution in [-0.2, 0) is 0 Å². The van der Waals surface area contributed by atoms with Gasteiger partial charge in [-0.15, -0.1) is 0 Å². The third-order valence-corrected chi connectivity index (χ3v) is 6.07. The van der Waals surface area contributed by atoms with Crippen LogP contribution in [0.15, 0.2) is 29.4 Å². The van der Waals surface area contributed by atoms with E-state index in [-0.39, 0.29) is 17.1 Å². The van der Waals surface area contributed by atoms with Gasteiger partial charge in [0.05, 0.1) is 37.8 Å². The zero-order chi connectivity index (χ0) is 16.7. The van der Waals surface area contributed by atoms with Gasteiger partial charge in [-0.3, -0.25) is 4.79 Å². The Balaban J connectivity index is 1.57. The zero-order valence-corrected chi connectivity index (χ0v) is 14.1. The van der Waals surface area contributed by atoms with E-state index >= 15 is 0 Å². The molecule has 1 aromatic rings. The number of hydrogen-bond acceptors (Lipinski definition) is 2. The Morgan fingerprint density at radius 2 is 1.88 bits per heavy atom. The molecule has 4 heterocycles. The van der Waals surface area contributed by atoms with Crippen molar-refractivity contribution in [3.63, 3.8) is 0 Å². The van der Waals surface area contributed by atoms with Gasteiger partial charge in [-0.25, -0.2) is 9.82 Å². The normalized spacial score (nSPS) is 35.9. The van der Waals surface area contributed by atoms with Crippen LogP contribution in [0.2, 0.25) is 0 Å². The van der Waals surface area contributed by atoms with Gasteiger partial charge in [0, 0.05) is 5.56 Å². The lowest BCUT2D eigenvalue weighted by Gasteiger charge is -2.45. The van der Waals surface area contributed by atoms with Gasteiger partial charge >= 0.3 is 0 Å². The molecule has 6 heteroatoms. The van der Waals surface area contributed by atoms with Crippen molar-refractivity contribution in [1.82, 2.24) is 5.43 Å². The SMILES string of the molecule is CCC12C[NH+]3CC[NH+](CC(C3)/C1=N/NC(=O)c1ccc(F)cc1)C2. The van der Waals surface area contributed by atoms with Crippen LogP contribution in [0.25, 0.3) is 0 Å². The van der Waals surface area contributed by atoms with Crippen molar-refractivity contribution in [2.45, 2.75) is 13.3 Å². The first-order chi connectivity index (χ1) is 11.6. The molecular formula is C18H25FN4O+2. The van der Waals surface area contributed by atoms with Gasteiger partial charge in [0.1, 0.15) is 24.3 Å². The highest BCUT2D eigenvalue weighted by Crippen LogP contribution is 2.30. The molecule has 0 saturated carbocycles. The van der Waals surface area contributed by atoms with Gasteiger partial charge in [-0.05, 0) is 30.7 Å². The Bertz CT molecular complexity index is 656. The quantitative estimate of drug-likeness (QED) is 0.595. The number of nitrogens with zero attached hydrogens (tertiary/aromatic N) is 1. The summed E-state index contributed by atoms with van der Waals surface area (Å²) < 4.78 is 13.0. The first-order valence-corrected chi connectivity index (χ1v) is 8.91. The molecule has 128 valence electrons. The number of hydrazone groups is 1. The molecule has 4 bridgehead atoms. The van der Waals surface area contributed by atoms with Crippen LogP contribution in [0.4, 0.5) is 4.39 Å². The molecule has 3 N–H and O–H groups in total. The molecule has 5 rings (SSSR count). The Hall–Kier alpha value is -1.79. The summed E-state index contributed by atoms with van der Waals surface area (Å²) >= 11 is 0. The van der Waals surface area contributed by atoms with Crippen LogP contribution in [0, 0.1) is 17.2 Å². The monoisotopic (exact) mass is 332 g/mol. The van der Waals surface area contributed by atoms with Crippen molar-refractivity contribution < 1.29 is 19.0 Å². The fourth-order valence-electron chi connectivity index (χ4n) is 4.89. The summed E-state index contributed by atoms with van der Waals surface area (Å²) in [7, 11) is 0. The molecule has 0 aromatic heterocycles. The first kappa shape index (κ1) is 15.7.